The zero-order valence-corrected chi connectivity index (χ0v) is 13.9. The van der Waals surface area contributed by atoms with Gasteiger partial charge in [0.2, 0.25) is 0 Å². The number of piperidine rings is 1. The van der Waals surface area contributed by atoms with Crippen molar-refractivity contribution in [2.24, 2.45) is 5.92 Å². The van der Waals surface area contributed by atoms with Crippen molar-refractivity contribution in [3.8, 4) is 0 Å². The zero-order chi connectivity index (χ0) is 14.1. The Bertz CT molecular complexity index is 99.7. The average Bonchev–Trinajstić information content (AvgIpc) is 2.38. The SMILES string of the molecule is CC.CC.CCC.CCCC1NCCCC1C. The van der Waals surface area contributed by atoms with Gasteiger partial charge in [-0.25, -0.2) is 0 Å². The molecule has 1 saturated heterocycles. The first-order chi connectivity index (χ1) is 8.26. The Hall–Kier alpha value is -0.0400. The molecule has 1 nitrogen and oxygen atoms in total. The molecule has 1 N–H and O–H groups in total. The van der Waals surface area contributed by atoms with Crippen molar-refractivity contribution in [2.75, 3.05) is 6.54 Å². The summed E-state index contributed by atoms with van der Waals surface area (Å²) in [5.41, 5.74) is 0. The highest BCUT2D eigenvalue weighted by molar-refractivity contribution is 4.77. The first kappa shape index (κ1) is 22.2. The van der Waals surface area contributed by atoms with Crippen molar-refractivity contribution in [3.05, 3.63) is 0 Å². The first-order valence-electron chi connectivity index (χ1n) is 7.99. The van der Waals surface area contributed by atoms with Crippen molar-refractivity contribution in [3.63, 3.8) is 0 Å². The van der Waals surface area contributed by atoms with Crippen LogP contribution < -0.4 is 5.32 Å². The summed E-state index contributed by atoms with van der Waals surface area (Å²) in [6.07, 6.45) is 6.74. The van der Waals surface area contributed by atoms with E-state index in [1.165, 1.54) is 38.6 Å². The predicted molar refractivity (Wildman–Crippen MR) is 83.8 cm³/mol. The Morgan fingerprint density at radius 1 is 1.00 bits per heavy atom. The third kappa shape index (κ3) is 16.0. The summed E-state index contributed by atoms with van der Waals surface area (Å²) < 4.78 is 0. The van der Waals surface area contributed by atoms with E-state index in [0.717, 1.165) is 12.0 Å². The smallest absolute Gasteiger partial charge is 0.00925 e. The van der Waals surface area contributed by atoms with Crippen molar-refractivity contribution >= 4 is 0 Å². The molecule has 1 heteroatoms. The molecule has 0 aromatic carbocycles. The van der Waals surface area contributed by atoms with Crippen LogP contribution in [-0.2, 0) is 0 Å². The third-order valence-corrected chi connectivity index (χ3v) is 2.53. The van der Waals surface area contributed by atoms with Crippen LogP contribution in [-0.4, -0.2) is 12.6 Å². The van der Waals surface area contributed by atoms with Crippen LogP contribution in [0.5, 0.6) is 0 Å². The Morgan fingerprint density at radius 2 is 1.47 bits per heavy atom. The van der Waals surface area contributed by atoms with Gasteiger partial charge in [-0.1, -0.05) is 68.2 Å². The molecule has 1 rings (SSSR count). The Labute approximate surface area is 112 Å². The van der Waals surface area contributed by atoms with E-state index in [2.05, 4.69) is 33.0 Å². The molecule has 0 bridgehead atoms. The predicted octanol–water partition coefficient (Wildman–Crippen LogP) is 5.64. The first-order valence-corrected chi connectivity index (χ1v) is 7.99. The van der Waals surface area contributed by atoms with Crippen LogP contribution in [0.4, 0.5) is 0 Å². The normalized spacial score (nSPS) is 21.9. The Morgan fingerprint density at radius 3 is 1.82 bits per heavy atom. The van der Waals surface area contributed by atoms with Gasteiger partial charge in [0.1, 0.15) is 0 Å². The highest BCUT2D eigenvalue weighted by atomic mass is 14.9. The lowest BCUT2D eigenvalue weighted by molar-refractivity contribution is 0.285. The third-order valence-electron chi connectivity index (χ3n) is 2.53. The van der Waals surface area contributed by atoms with Gasteiger partial charge in [0.25, 0.3) is 0 Å². The second-order valence-electron chi connectivity index (χ2n) is 4.18. The zero-order valence-electron chi connectivity index (χ0n) is 13.9. The lowest BCUT2D eigenvalue weighted by Crippen LogP contribution is -2.39. The van der Waals surface area contributed by atoms with Crippen LogP contribution in [0.2, 0.25) is 0 Å². The number of hydrogen-bond acceptors (Lipinski definition) is 1. The number of rotatable bonds is 2. The van der Waals surface area contributed by atoms with Crippen LogP contribution in [0.25, 0.3) is 0 Å². The van der Waals surface area contributed by atoms with Gasteiger partial charge in [0.05, 0.1) is 0 Å². The molecule has 0 amide bonds. The molecule has 2 unspecified atom stereocenters. The molecule has 2 atom stereocenters. The summed E-state index contributed by atoms with van der Waals surface area (Å²) in [6.45, 7) is 18.1. The van der Waals surface area contributed by atoms with Crippen LogP contribution in [0.3, 0.4) is 0 Å². The van der Waals surface area contributed by atoms with E-state index in [-0.39, 0.29) is 0 Å². The van der Waals surface area contributed by atoms with E-state index < -0.39 is 0 Å². The molecule has 0 aromatic heterocycles. The maximum absolute atomic E-state index is 3.57. The summed E-state index contributed by atoms with van der Waals surface area (Å²) in [5.74, 6) is 0.911. The molecule has 0 saturated carbocycles. The Balaban J connectivity index is -0.000000239. The van der Waals surface area contributed by atoms with E-state index in [1.807, 2.05) is 27.7 Å². The van der Waals surface area contributed by atoms with E-state index in [0.29, 0.717) is 0 Å². The van der Waals surface area contributed by atoms with Crippen LogP contribution in [0, 0.1) is 5.92 Å². The second-order valence-corrected chi connectivity index (χ2v) is 4.18. The molecule has 0 spiro atoms. The summed E-state index contributed by atoms with van der Waals surface area (Å²) in [5, 5.41) is 3.57. The van der Waals surface area contributed by atoms with Gasteiger partial charge in [0.15, 0.2) is 0 Å². The molecule has 1 aliphatic rings. The van der Waals surface area contributed by atoms with Gasteiger partial charge < -0.3 is 5.32 Å². The van der Waals surface area contributed by atoms with Crippen LogP contribution >= 0.6 is 0 Å². The molecule has 0 aromatic rings. The topological polar surface area (TPSA) is 12.0 Å². The van der Waals surface area contributed by atoms with Crippen molar-refractivity contribution in [1.82, 2.24) is 5.32 Å². The molecule has 0 aliphatic carbocycles. The largest absolute Gasteiger partial charge is 0.314 e. The maximum Gasteiger partial charge on any atom is 0.00925 e. The quantitative estimate of drug-likeness (QED) is 0.663. The maximum atomic E-state index is 3.57. The minimum absolute atomic E-state index is 0.818. The average molecular weight is 245 g/mol. The molecule has 1 fully saturated rings. The summed E-state index contributed by atoms with van der Waals surface area (Å²) in [4.78, 5) is 0. The van der Waals surface area contributed by atoms with Gasteiger partial charge in [-0.3, -0.25) is 0 Å². The Kier molecular flexibility index (Phi) is 27.7. The fourth-order valence-electron chi connectivity index (χ4n) is 1.81. The minimum atomic E-state index is 0.818. The standard InChI is InChI=1S/C9H19N.C3H8.2C2H6/c1-3-5-9-8(2)6-4-7-10-9;1-3-2;2*1-2/h8-10H,3-7H2,1-2H3;3H2,1-2H3;2*1-2H3. The highest BCUT2D eigenvalue weighted by Gasteiger charge is 2.18. The van der Waals surface area contributed by atoms with E-state index >= 15 is 0 Å². The fourth-order valence-corrected chi connectivity index (χ4v) is 1.81. The van der Waals surface area contributed by atoms with Crippen molar-refractivity contribution in [1.29, 1.82) is 0 Å². The fraction of sp³-hybridized carbons (Fsp3) is 1.00. The van der Waals surface area contributed by atoms with Crippen LogP contribution in [0.1, 0.15) is 87.5 Å². The molecule has 1 aliphatic heterocycles. The summed E-state index contributed by atoms with van der Waals surface area (Å²) >= 11 is 0. The van der Waals surface area contributed by atoms with Crippen molar-refractivity contribution < 1.29 is 0 Å². The monoisotopic (exact) mass is 245 g/mol. The highest BCUT2D eigenvalue weighted by Crippen LogP contribution is 2.18. The van der Waals surface area contributed by atoms with Gasteiger partial charge in [-0.15, -0.1) is 0 Å². The van der Waals surface area contributed by atoms with Crippen LogP contribution in [0.15, 0.2) is 0 Å². The summed E-state index contributed by atoms with van der Waals surface area (Å²) in [6, 6.07) is 0.818. The number of nitrogens with one attached hydrogen (secondary N) is 1. The molecular weight excluding hydrogens is 206 g/mol. The minimum Gasteiger partial charge on any atom is -0.314 e. The van der Waals surface area contributed by atoms with Gasteiger partial charge in [-0.05, 0) is 31.7 Å². The van der Waals surface area contributed by atoms with Gasteiger partial charge in [0, 0.05) is 6.04 Å². The molecule has 17 heavy (non-hydrogen) atoms. The molecule has 0 radical (unpaired) electrons. The van der Waals surface area contributed by atoms with E-state index in [9.17, 15) is 0 Å². The molecular formula is C16H39N. The van der Waals surface area contributed by atoms with E-state index in [4.69, 9.17) is 0 Å². The van der Waals surface area contributed by atoms with E-state index in [1.54, 1.807) is 0 Å². The number of hydrogen-bond donors (Lipinski definition) is 1. The van der Waals surface area contributed by atoms with Gasteiger partial charge >= 0.3 is 0 Å². The van der Waals surface area contributed by atoms with Crippen molar-refractivity contribution in [2.45, 2.75) is 93.5 Å². The second kappa shape index (κ2) is 21.3. The molecule has 1 heterocycles. The lowest BCUT2D eigenvalue weighted by atomic mass is 9.90. The summed E-state index contributed by atoms with van der Waals surface area (Å²) in [7, 11) is 0. The lowest BCUT2D eigenvalue weighted by Gasteiger charge is -2.29. The molecule has 108 valence electrons. The van der Waals surface area contributed by atoms with Gasteiger partial charge in [-0.2, -0.15) is 0 Å².